The first-order chi connectivity index (χ1) is 5.79. The number of hydrogen-bond donors (Lipinski definition) is 1. The minimum absolute atomic E-state index is 0.303. The first-order valence-electron chi connectivity index (χ1n) is 5.14. The molecule has 2 nitrogen and oxygen atoms in total. The van der Waals surface area contributed by atoms with Crippen molar-refractivity contribution >= 4 is 0 Å². The summed E-state index contributed by atoms with van der Waals surface area (Å²) >= 11 is 0. The van der Waals surface area contributed by atoms with Gasteiger partial charge in [0.25, 0.3) is 0 Å². The fourth-order valence-electron chi connectivity index (χ4n) is 2.36. The van der Waals surface area contributed by atoms with Gasteiger partial charge in [-0.2, -0.15) is 0 Å². The van der Waals surface area contributed by atoms with Gasteiger partial charge in [0, 0.05) is 12.6 Å². The second kappa shape index (κ2) is 4.83. The van der Waals surface area contributed by atoms with Gasteiger partial charge in [0.05, 0.1) is 6.61 Å². The lowest BCUT2D eigenvalue weighted by Gasteiger charge is -2.29. The Morgan fingerprint density at radius 3 is 2.58 bits per heavy atom. The van der Waals surface area contributed by atoms with E-state index in [2.05, 4.69) is 18.7 Å². The lowest BCUT2D eigenvalue weighted by atomic mass is 10.0. The van der Waals surface area contributed by atoms with E-state index >= 15 is 0 Å². The number of hydrogen-bond acceptors (Lipinski definition) is 2. The maximum absolute atomic E-state index is 8.87. The highest BCUT2D eigenvalue weighted by Gasteiger charge is 2.27. The number of likely N-dealkylation sites (N-methyl/N-ethyl adjacent to an activating group) is 1. The van der Waals surface area contributed by atoms with Crippen LogP contribution in [0, 0.1) is 5.92 Å². The lowest BCUT2D eigenvalue weighted by Crippen LogP contribution is -2.38. The summed E-state index contributed by atoms with van der Waals surface area (Å²) < 4.78 is 0. The predicted molar refractivity (Wildman–Crippen MR) is 51.1 cm³/mol. The average molecular weight is 171 g/mol. The molecule has 12 heavy (non-hydrogen) atoms. The van der Waals surface area contributed by atoms with Gasteiger partial charge in [-0.3, -0.25) is 4.90 Å². The molecule has 0 spiro atoms. The summed E-state index contributed by atoms with van der Waals surface area (Å²) in [6.07, 6.45) is 4.06. The molecule has 0 aromatic carbocycles. The van der Waals surface area contributed by atoms with Crippen LogP contribution in [-0.4, -0.2) is 35.7 Å². The second-order valence-electron chi connectivity index (χ2n) is 3.83. The Kier molecular flexibility index (Phi) is 4.02. The third kappa shape index (κ3) is 2.20. The average Bonchev–Trinajstić information content (AvgIpc) is 2.47. The quantitative estimate of drug-likeness (QED) is 0.692. The predicted octanol–water partition coefficient (Wildman–Crippen LogP) is 1.49. The van der Waals surface area contributed by atoms with E-state index in [0.29, 0.717) is 6.61 Å². The van der Waals surface area contributed by atoms with Crippen LogP contribution in [0.5, 0.6) is 0 Å². The summed E-state index contributed by atoms with van der Waals surface area (Å²) in [5.74, 6) is 0.830. The molecular weight excluding hydrogens is 150 g/mol. The molecule has 72 valence electrons. The molecular formula is C10H21NO. The molecule has 0 aliphatic heterocycles. The van der Waals surface area contributed by atoms with Crippen molar-refractivity contribution in [3.8, 4) is 0 Å². The summed E-state index contributed by atoms with van der Waals surface area (Å²) in [5.41, 5.74) is 0. The summed E-state index contributed by atoms with van der Waals surface area (Å²) in [5, 5.41) is 8.87. The van der Waals surface area contributed by atoms with Crippen LogP contribution in [0.1, 0.15) is 33.1 Å². The maximum atomic E-state index is 8.87. The van der Waals surface area contributed by atoms with E-state index in [0.717, 1.165) is 25.0 Å². The Labute approximate surface area is 75.6 Å². The van der Waals surface area contributed by atoms with E-state index in [9.17, 15) is 0 Å². The number of aliphatic hydroxyl groups is 1. The number of aliphatic hydroxyl groups excluding tert-OH is 1. The molecule has 2 atom stereocenters. The van der Waals surface area contributed by atoms with Crippen LogP contribution in [0.4, 0.5) is 0 Å². The van der Waals surface area contributed by atoms with Gasteiger partial charge in [-0.05, 0) is 25.3 Å². The van der Waals surface area contributed by atoms with Crippen molar-refractivity contribution in [3.63, 3.8) is 0 Å². The highest BCUT2D eigenvalue weighted by atomic mass is 16.3. The van der Waals surface area contributed by atoms with Crippen molar-refractivity contribution < 1.29 is 5.11 Å². The van der Waals surface area contributed by atoms with Crippen LogP contribution in [-0.2, 0) is 0 Å². The minimum Gasteiger partial charge on any atom is -0.395 e. The molecule has 1 aliphatic carbocycles. The van der Waals surface area contributed by atoms with E-state index in [1.54, 1.807) is 0 Å². The normalized spacial score (nSPS) is 30.0. The number of nitrogens with zero attached hydrogens (tertiary/aromatic N) is 1. The summed E-state index contributed by atoms with van der Waals surface area (Å²) in [6.45, 7) is 6.75. The van der Waals surface area contributed by atoms with Gasteiger partial charge in [0.2, 0.25) is 0 Å². The monoisotopic (exact) mass is 171 g/mol. The minimum atomic E-state index is 0.303. The maximum Gasteiger partial charge on any atom is 0.0558 e. The Bertz CT molecular complexity index is 127. The zero-order valence-electron chi connectivity index (χ0n) is 8.29. The van der Waals surface area contributed by atoms with Crippen molar-refractivity contribution in [1.29, 1.82) is 0 Å². The fraction of sp³-hybridized carbons (Fsp3) is 1.00. The molecule has 0 bridgehead atoms. The van der Waals surface area contributed by atoms with Crippen LogP contribution >= 0.6 is 0 Å². The molecule has 0 radical (unpaired) electrons. The van der Waals surface area contributed by atoms with E-state index in [-0.39, 0.29) is 0 Å². The Hall–Kier alpha value is -0.0800. The van der Waals surface area contributed by atoms with Crippen molar-refractivity contribution in [2.24, 2.45) is 5.92 Å². The first-order valence-corrected chi connectivity index (χ1v) is 5.14. The van der Waals surface area contributed by atoms with Crippen LogP contribution in [0.25, 0.3) is 0 Å². The third-order valence-electron chi connectivity index (χ3n) is 3.08. The van der Waals surface area contributed by atoms with Gasteiger partial charge in [-0.1, -0.05) is 20.3 Å². The third-order valence-corrected chi connectivity index (χ3v) is 3.08. The molecule has 1 fully saturated rings. The molecule has 2 heteroatoms. The van der Waals surface area contributed by atoms with Crippen molar-refractivity contribution in [2.75, 3.05) is 19.7 Å². The summed E-state index contributed by atoms with van der Waals surface area (Å²) in [7, 11) is 0. The molecule has 0 heterocycles. The Morgan fingerprint density at radius 1 is 1.42 bits per heavy atom. The molecule has 1 N–H and O–H groups in total. The molecule has 2 unspecified atom stereocenters. The van der Waals surface area contributed by atoms with Crippen molar-refractivity contribution in [2.45, 2.75) is 39.2 Å². The molecule has 0 saturated heterocycles. The zero-order valence-corrected chi connectivity index (χ0v) is 8.29. The van der Waals surface area contributed by atoms with Crippen LogP contribution in [0.2, 0.25) is 0 Å². The molecule has 1 saturated carbocycles. The highest BCUT2D eigenvalue weighted by molar-refractivity contribution is 4.82. The van der Waals surface area contributed by atoms with Crippen LogP contribution in [0.15, 0.2) is 0 Å². The highest BCUT2D eigenvalue weighted by Crippen LogP contribution is 2.28. The molecule has 0 amide bonds. The topological polar surface area (TPSA) is 23.5 Å². The Balaban J connectivity index is 2.41. The van der Waals surface area contributed by atoms with Gasteiger partial charge in [-0.25, -0.2) is 0 Å². The lowest BCUT2D eigenvalue weighted by molar-refractivity contribution is 0.137. The van der Waals surface area contributed by atoms with Gasteiger partial charge in [0.1, 0.15) is 0 Å². The van der Waals surface area contributed by atoms with E-state index < -0.39 is 0 Å². The van der Waals surface area contributed by atoms with Crippen molar-refractivity contribution in [1.82, 2.24) is 4.90 Å². The van der Waals surface area contributed by atoms with Gasteiger partial charge < -0.3 is 5.11 Å². The Morgan fingerprint density at radius 2 is 2.17 bits per heavy atom. The molecule has 0 aromatic heterocycles. The number of rotatable bonds is 4. The molecule has 1 aliphatic rings. The van der Waals surface area contributed by atoms with Crippen LogP contribution < -0.4 is 0 Å². The molecule has 1 rings (SSSR count). The smallest absolute Gasteiger partial charge is 0.0558 e. The largest absolute Gasteiger partial charge is 0.395 e. The van der Waals surface area contributed by atoms with E-state index in [1.807, 2.05) is 0 Å². The standard InChI is InChI=1S/C10H21NO/c1-3-11(7-8-12)10-6-4-5-9(10)2/h9-10,12H,3-8H2,1-2H3. The zero-order chi connectivity index (χ0) is 8.97. The summed E-state index contributed by atoms with van der Waals surface area (Å²) in [6, 6.07) is 0.738. The SMILES string of the molecule is CCN(CCO)C1CCCC1C. The van der Waals surface area contributed by atoms with E-state index in [4.69, 9.17) is 5.11 Å². The van der Waals surface area contributed by atoms with Gasteiger partial charge in [0.15, 0.2) is 0 Å². The van der Waals surface area contributed by atoms with Gasteiger partial charge in [-0.15, -0.1) is 0 Å². The van der Waals surface area contributed by atoms with Crippen molar-refractivity contribution in [3.05, 3.63) is 0 Å². The molecule has 0 aromatic rings. The van der Waals surface area contributed by atoms with E-state index in [1.165, 1.54) is 19.3 Å². The fourth-order valence-corrected chi connectivity index (χ4v) is 2.36. The first kappa shape index (κ1) is 10.0. The summed E-state index contributed by atoms with van der Waals surface area (Å²) in [4.78, 5) is 2.41. The van der Waals surface area contributed by atoms with Gasteiger partial charge >= 0.3 is 0 Å². The second-order valence-corrected chi connectivity index (χ2v) is 3.83. The van der Waals surface area contributed by atoms with Crippen LogP contribution in [0.3, 0.4) is 0 Å².